The number of benzene rings is 1. The third-order valence-electron chi connectivity index (χ3n) is 2.35. The van der Waals surface area contributed by atoms with E-state index in [1.54, 1.807) is 5.51 Å². The number of H-pyrrole nitrogens is 1. The normalized spacial score (nSPS) is 10.6. The Bertz CT molecular complexity index is 667. The van der Waals surface area contributed by atoms with Crippen LogP contribution in [0.15, 0.2) is 41.2 Å². The maximum Gasteiger partial charge on any atom is 0.200 e. The lowest BCUT2D eigenvalue weighted by Crippen LogP contribution is -1.97. The van der Waals surface area contributed by atoms with E-state index in [4.69, 9.17) is 12.2 Å². The van der Waals surface area contributed by atoms with Gasteiger partial charge in [0.25, 0.3) is 0 Å². The third kappa shape index (κ3) is 1.81. The van der Waals surface area contributed by atoms with Gasteiger partial charge in [-0.05, 0) is 24.4 Å². The number of aromatic amines is 1. The van der Waals surface area contributed by atoms with Gasteiger partial charge < -0.3 is 0 Å². The molecule has 2 aromatic heterocycles. The Morgan fingerprint density at radius 3 is 2.76 bits per heavy atom. The maximum absolute atomic E-state index is 5.25. The predicted octanol–water partition coefficient (Wildman–Crippen LogP) is 3.05. The minimum Gasteiger partial charge on any atom is -0.267 e. The number of hydrogen-bond donors (Lipinski definition) is 1. The molecule has 0 fully saturated rings. The number of para-hydroxylation sites is 1. The second kappa shape index (κ2) is 4.23. The van der Waals surface area contributed by atoms with Gasteiger partial charge in [-0.25, -0.2) is 4.98 Å². The van der Waals surface area contributed by atoms with E-state index >= 15 is 0 Å². The molecule has 1 aromatic carbocycles. The Kier molecular flexibility index (Phi) is 2.58. The van der Waals surface area contributed by atoms with E-state index in [0.717, 1.165) is 17.2 Å². The molecule has 0 aliphatic rings. The Morgan fingerprint density at radius 1 is 1.24 bits per heavy atom. The minimum absolute atomic E-state index is 0.569. The van der Waals surface area contributed by atoms with Crippen LogP contribution in [0.25, 0.3) is 17.2 Å². The second-order valence-electron chi connectivity index (χ2n) is 3.40. The lowest BCUT2D eigenvalue weighted by atomic mass is 10.3. The predicted molar refractivity (Wildman–Crippen MR) is 69.9 cm³/mol. The number of rotatable bonds is 2. The third-order valence-corrected chi connectivity index (χ3v) is 3.21. The largest absolute Gasteiger partial charge is 0.267 e. The van der Waals surface area contributed by atoms with E-state index in [0.29, 0.717) is 4.77 Å². The standard InChI is InChI=1S/C11H8N4S2/c16-11-14-13-10(9-6-17-7-12-9)15(11)8-4-2-1-3-5-8/h1-7H,(H,14,16). The van der Waals surface area contributed by atoms with Gasteiger partial charge in [0.2, 0.25) is 0 Å². The lowest BCUT2D eigenvalue weighted by Gasteiger charge is -2.04. The van der Waals surface area contributed by atoms with Gasteiger partial charge in [-0.15, -0.1) is 11.3 Å². The number of thiazole rings is 1. The molecular formula is C11H8N4S2. The van der Waals surface area contributed by atoms with Crippen molar-refractivity contribution in [2.75, 3.05) is 0 Å². The maximum atomic E-state index is 5.25. The summed E-state index contributed by atoms with van der Waals surface area (Å²) in [4.78, 5) is 4.25. The fourth-order valence-electron chi connectivity index (χ4n) is 1.61. The van der Waals surface area contributed by atoms with Crippen molar-refractivity contribution in [3.05, 3.63) is 46.0 Å². The Labute approximate surface area is 107 Å². The van der Waals surface area contributed by atoms with Gasteiger partial charge in [-0.3, -0.25) is 9.67 Å². The first-order valence-corrected chi connectivity index (χ1v) is 6.33. The lowest BCUT2D eigenvalue weighted by molar-refractivity contribution is 1.03. The molecule has 0 bridgehead atoms. The SMILES string of the molecule is S=c1[nH]nc(-c2cscn2)n1-c1ccccc1. The van der Waals surface area contributed by atoms with E-state index in [-0.39, 0.29) is 0 Å². The molecule has 1 N–H and O–H groups in total. The average Bonchev–Trinajstić information content (AvgIpc) is 2.98. The van der Waals surface area contributed by atoms with Crippen LogP contribution in [-0.2, 0) is 0 Å². The average molecular weight is 260 g/mol. The fraction of sp³-hybridized carbons (Fsp3) is 0. The van der Waals surface area contributed by atoms with E-state index in [1.807, 2.05) is 40.3 Å². The summed E-state index contributed by atoms with van der Waals surface area (Å²) in [6, 6.07) is 9.88. The summed E-state index contributed by atoms with van der Waals surface area (Å²) in [5.74, 6) is 0.738. The molecule has 0 radical (unpaired) electrons. The van der Waals surface area contributed by atoms with Crippen LogP contribution in [0.3, 0.4) is 0 Å². The van der Waals surface area contributed by atoms with Gasteiger partial charge in [0.1, 0.15) is 5.69 Å². The van der Waals surface area contributed by atoms with Crippen LogP contribution < -0.4 is 0 Å². The summed E-state index contributed by atoms with van der Waals surface area (Å²) in [5, 5.41) is 8.98. The van der Waals surface area contributed by atoms with Crippen LogP contribution in [0.5, 0.6) is 0 Å². The molecule has 0 aliphatic heterocycles. The zero-order valence-electron chi connectivity index (χ0n) is 8.70. The molecule has 0 spiro atoms. The van der Waals surface area contributed by atoms with Gasteiger partial charge >= 0.3 is 0 Å². The summed E-state index contributed by atoms with van der Waals surface area (Å²) in [7, 11) is 0. The van der Waals surface area contributed by atoms with Crippen molar-refractivity contribution in [3.8, 4) is 17.2 Å². The van der Waals surface area contributed by atoms with Gasteiger partial charge in [-0.2, -0.15) is 5.10 Å². The Hall–Kier alpha value is -1.79. The zero-order chi connectivity index (χ0) is 11.7. The number of hydrogen-bond acceptors (Lipinski definition) is 4. The minimum atomic E-state index is 0.569. The van der Waals surface area contributed by atoms with Gasteiger partial charge in [-0.1, -0.05) is 18.2 Å². The zero-order valence-corrected chi connectivity index (χ0v) is 10.3. The van der Waals surface area contributed by atoms with Crippen LogP contribution in [0, 0.1) is 4.77 Å². The molecule has 3 aromatic rings. The smallest absolute Gasteiger partial charge is 0.200 e. The molecule has 0 unspecified atom stereocenters. The van der Waals surface area contributed by atoms with Crippen LogP contribution in [0.1, 0.15) is 0 Å². The highest BCUT2D eigenvalue weighted by molar-refractivity contribution is 7.71. The van der Waals surface area contributed by atoms with Crippen molar-refractivity contribution in [1.82, 2.24) is 19.7 Å². The Balaban J connectivity index is 2.24. The van der Waals surface area contributed by atoms with Crippen molar-refractivity contribution in [2.45, 2.75) is 0 Å². The van der Waals surface area contributed by atoms with Crippen LogP contribution in [0.2, 0.25) is 0 Å². The summed E-state index contributed by atoms with van der Waals surface area (Å²) in [5.41, 5.74) is 3.59. The molecule has 84 valence electrons. The van der Waals surface area contributed by atoms with E-state index in [9.17, 15) is 0 Å². The van der Waals surface area contributed by atoms with E-state index < -0.39 is 0 Å². The number of nitrogens with zero attached hydrogens (tertiary/aromatic N) is 3. The van der Waals surface area contributed by atoms with Crippen molar-refractivity contribution < 1.29 is 0 Å². The topological polar surface area (TPSA) is 46.5 Å². The molecule has 2 heterocycles. The molecule has 0 amide bonds. The quantitative estimate of drug-likeness (QED) is 0.720. The van der Waals surface area contributed by atoms with Crippen molar-refractivity contribution in [3.63, 3.8) is 0 Å². The number of nitrogens with one attached hydrogen (secondary N) is 1. The van der Waals surface area contributed by atoms with Gasteiger partial charge in [0.15, 0.2) is 10.6 Å². The summed E-state index contributed by atoms with van der Waals surface area (Å²) < 4.78 is 2.45. The van der Waals surface area contributed by atoms with Gasteiger partial charge in [0, 0.05) is 5.38 Å². The molecule has 0 aliphatic carbocycles. The van der Waals surface area contributed by atoms with Crippen LogP contribution in [-0.4, -0.2) is 19.7 Å². The number of aromatic nitrogens is 4. The summed E-state index contributed by atoms with van der Waals surface area (Å²) in [6.45, 7) is 0. The highest BCUT2D eigenvalue weighted by atomic mass is 32.1. The van der Waals surface area contributed by atoms with E-state index in [1.165, 1.54) is 11.3 Å². The summed E-state index contributed by atoms with van der Waals surface area (Å²) >= 11 is 6.78. The highest BCUT2D eigenvalue weighted by Crippen LogP contribution is 2.20. The molecule has 17 heavy (non-hydrogen) atoms. The fourth-order valence-corrected chi connectivity index (χ4v) is 2.38. The van der Waals surface area contributed by atoms with Crippen molar-refractivity contribution >= 4 is 23.6 Å². The molecule has 0 atom stereocenters. The monoisotopic (exact) mass is 260 g/mol. The molecule has 4 nitrogen and oxygen atoms in total. The first-order valence-electron chi connectivity index (χ1n) is 4.97. The van der Waals surface area contributed by atoms with Crippen molar-refractivity contribution in [1.29, 1.82) is 0 Å². The first kappa shape index (κ1) is 10.4. The summed E-state index contributed by atoms with van der Waals surface area (Å²) in [6.07, 6.45) is 0. The molecule has 6 heteroatoms. The van der Waals surface area contributed by atoms with Gasteiger partial charge in [0.05, 0.1) is 11.2 Å². The molecule has 0 saturated carbocycles. The van der Waals surface area contributed by atoms with Crippen LogP contribution >= 0.6 is 23.6 Å². The first-order chi connectivity index (χ1) is 8.36. The van der Waals surface area contributed by atoms with Crippen LogP contribution in [0.4, 0.5) is 0 Å². The molecule has 0 saturated heterocycles. The Morgan fingerprint density at radius 2 is 2.06 bits per heavy atom. The highest BCUT2D eigenvalue weighted by Gasteiger charge is 2.11. The molecule has 3 rings (SSSR count). The van der Waals surface area contributed by atoms with E-state index in [2.05, 4.69) is 15.2 Å². The second-order valence-corrected chi connectivity index (χ2v) is 4.50. The van der Waals surface area contributed by atoms with Crippen molar-refractivity contribution in [2.24, 2.45) is 0 Å². The molecular weight excluding hydrogens is 252 g/mol.